The SMILES string of the molecule is CCC1(C)Cc2c(sc3nc(SC)nc(SCC(=O)Nc4ccccc4C)c23)CO1. The first-order valence-corrected chi connectivity index (χ1v) is 12.9. The number of carbonyl (C=O) groups is 1. The molecular weight excluding hydrogens is 434 g/mol. The summed E-state index contributed by atoms with van der Waals surface area (Å²) in [6.07, 6.45) is 3.78. The van der Waals surface area contributed by atoms with Gasteiger partial charge < -0.3 is 10.1 Å². The lowest BCUT2D eigenvalue weighted by atomic mass is 9.90. The third-order valence-electron chi connectivity index (χ3n) is 5.47. The lowest BCUT2D eigenvalue weighted by molar-refractivity contribution is -0.113. The molecule has 1 aliphatic rings. The smallest absolute Gasteiger partial charge is 0.234 e. The van der Waals surface area contributed by atoms with E-state index >= 15 is 0 Å². The molecule has 1 N–H and O–H groups in total. The predicted octanol–water partition coefficient (Wildman–Crippen LogP) is 5.69. The summed E-state index contributed by atoms with van der Waals surface area (Å²) in [6, 6.07) is 7.81. The number of hydrogen-bond donors (Lipinski definition) is 1. The number of thiophene rings is 1. The Morgan fingerprint density at radius 2 is 2.13 bits per heavy atom. The van der Waals surface area contributed by atoms with Gasteiger partial charge in [0, 0.05) is 22.4 Å². The number of rotatable bonds is 6. The third-order valence-corrected chi connectivity index (χ3v) is 8.09. The summed E-state index contributed by atoms with van der Waals surface area (Å²) in [5.41, 5.74) is 3.03. The summed E-state index contributed by atoms with van der Waals surface area (Å²) in [5.74, 6) is 0.276. The molecule has 1 aliphatic heterocycles. The molecule has 8 heteroatoms. The average Bonchev–Trinajstić information content (AvgIpc) is 3.11. The highest BCUT2D eigenvalue weighted by Gasteiger charge is 2.33. The second kappa shape index (κ2) is 8.86. The topological polar surface area (TPSA) is 64.1 Å². The van der Waals surface area contributed by atoms with Crippen molar-refractivity contribution in [2.24, 2.45) is 0 Å². The van der Waals surface area contributed by atoms with Crippen LogP contribution in [0.25, 0.3) is 10.2 Å². The standard InChI is InChI=1S/C22H25N3O2S3/c1-5-22(3)10-14-16(11-27-22)30-20-18(14)19(24-21(25-20)28-4)29-12-17(26)23-15-9-7-6-8-13(15)2/h6-9H,5,10-12H2,1-4H3,(H,23,26). The van der Waals surface area contributed by atoms with Crippen LogP contribution in [0.15, 0.2) is 34.4 Å². The van der Waals surface area contributed by atoms with E-state index in [4.69, 9.17) is 14.7 Å². The van der Waals surface area contributed by atoms with Crippen molar-refractivity contribution < 1.29 is 9.53 Å². The van der Waals surface area contributed by atoms with Crippen molar-refractivity contribution in [3.63, 3.8) is 0 Å². The van der Waals surface area contributed by atoms with Crippen LogP contribution >= 0.6 is 34.9 Å². The number of anilines is 1. The number of aromatic nitrogens is 2. The van der Waals surface area contributed by atoms with Gasteiger partial charge in [0.05, 0.1) is 18.0 Å². The van der Waals surface area contributed by atoms with Crippen molar-refractivity contribution >= 4 is 56.7 Å². The van der Waals surface area contributed by atoms with Crippen LogP contribution in [-0.2, 0) is 22.6 Å². The Labute approximate surface area is 189 Å². The van der Waals surface area contributed by atoms with Gasteiger partial charge in [-0.05, 0) is 43.7 Å². The summed E-state index contributed by atoms with van der Waals surface area (Å²) in [4.78, 5) is 24.3. The second-order valence-corrected chi connectivity index (χ2v) is 10.4. The number of nitrogens with one attached hydrogen (secondary N) is 1. The molecule has 1 aromatic carbocycles. The highest BCUT2D eigenvalue weighted by atomic mass is 32.2. The number of benzene rings is 1. The van der Waals surface area contributed by atoms with E-state index in [2.05, 4.69) is 19.2 Å². The largest absolute Gasteiger partial charge is 0.369 e. The van der Waals surface area contributed by atoms with Gasteiger partial charge in [-0.3, -0.25) is 4.79 Å². The Balaban J connectivity index is 1.62. The highest BCUT2D eigenvalue weighted by molar-refractivity contribution is 8.00. The molecule has 2 aromatic heterocycles. The highest BCUT2D eigenvalue weighted by Crippen LogP contribution is 2.43. The van der Waals surface area contributed by atoms with Crippen LogP contribution in [0.5, 0.6) is 0 Å². The molecule has 0 radical (unpaired) electrons. The summed E-state index contributed by atoms with van der Waals surface area (Å²) in [7, 11) is 0. The number of hydrogen-bond acceptors (Lipinski definition) is 7. The van der Waals surface area contributed by atoms with E-state index in [9.17, 15) is 4.79 Å². The number of aryl methyl sites for hydroxylation is 1. The van der Waals surface area contributed by atoms with Crippen molar-refractivity contribution in [1.29, 1.82) is 0 Å². The Hall–Kier alpha value is -1.61. The Morgan fingerprint density at radius 3 is 2.87 bits per heavy atom. The Morgan fingerprint density at radius 1 is 1.33 bits per heavy atom. The fourth-order valence-corrected chi connectivity index (χ4v) is 5.98. The molecule has 1 unspecified atom stereocenters. The molecule has 0 aliphatic carbocycles. The van der Waals surface area contributed by atoms with E-state index in [0.29, 0.717) is 12.4 Å². The van der Waals surface area contributed by atoms with Crippen LogP contribution in [-0.4, -0.2) is 33.5 Å². The maximum absolute atomic E-state index is 12.6. The van der Waals surface area contributed by atoms with Gasteiger partial charge in [-0.15, -0.1) is 11.3 Å². The van der Waals surface area contributed by atoms with Gasteiger partial charge in [0.2, 0.25) is 5.91 Å². The van der Waals surface area contributed by atoms with Gasteiger partial charge in [-0.1, -0.05) is 48.6 Å². The van der Waals surface area contributed by atoms with Crippen LogP contribution in [0.2, 0.25) is 0 Å². The minimum absolute atomic E-state index is 0.0300. The van der Waals surface area contributed by atoms with E-state index in [1.807, 2.05) is 37.4 Å². The molecular formula is C22H25N3O2S3. The van der Waals surface area contributed by atoms with Crippen LogP contribution in [0.1, 0.15) is 36.3 Å². The molecule has 0 spiro atoms. The van der Waals surface area contributed by atoms with Gasteiger partial charge in [0.1, 0.15) is 9.86 Å². The molecule has 3 heterocycles. The second-order valence-electron chi connectivity index (χ2n) is 7.62. The first-order valence-electron chi connectivity index (χ1n) is 9.91. The van der Waals surface area contributed by atoms with E-state index < -0.39 is 0 Å². The molecule has 158 valence electrons. The zero-order valence-corrected chi connectivity index (χ0v) is 20.0. The molecule has 0 fully saturated rings. The minimum atomic E-state index is -0.163. The lowest BCUT2D eigenvalue weighted by Crippen LogP contribution is -2.33. The summed E-state index contributed by atoms with van der Waals surface area (Å²) < 4.78 is 6.13. The molecule has 0 saturated heterocycles. The summed E-state index contributed by atoms with van der Waals surface area (Å²) in [5, 5.41) is 5.74. The number of nitrogens with zero attached hydrogens (tertiary/aromatic N) is 2. The van der Waals surface area contributed by atoms with Crippen LogP contribution in [0.3, 0.4) is 0 Å². The van der Waals surface area contributed by atoms with Crippen LogP contribution < -0.4 is 5.32 Å². The Kier molecular flexibility index (Phi) is 6.39. The van der Waals surface area contributed by atoms with Crippen molar-refractivity contribution in [3.05, 3.63) is 40.3 Å². The van der Waals surface area contributed by atoms with Crippen LogP contribution in [0, 0.1) is 6.92 Å². The lowest BCUT2D eigenvalue weighted by Gasteiger charge is -2.33. The maximum atomic E-state index is 12.6. The van der Waals surface area contributed by atoms with E-state index in [1.165, 1.54) is 34.0 Å². The summed E-state index contributed by atoms with van der Waals surface area (Å²) in [6.45, 7) is 6.94. The zero-order valence-electron chi connectivity index (χ0n) is 17.6. The predicted molar refractivity (Wildman–Crippen MR) is 127 cm³/mol. The summed E-state index contributed by atoms with van der Waals surface area (Å²) >= 11 is 4.70. The van der Waals surface area contributed by atoms with Crippen molar-refractivity contribution in [2.45, 2.75) is 56.0 Å². The molecule has 1 amide bonds. The van der Waals surface area contributed by atoms with Gasteiger partial charge in [-0.2, -0.15) is 0 Å². The number of thioether (sulfide) groups is 2. The zero-order chi connectivity index (χ0) is 21.3. The average molecular weight is 460 g/mol. The van der Waals surface area contributed by atoms with E-state index in [-0.39, 0.29) is 11.5 Å². The molecule has 4 rings (SSSR count). The monoisotopic (exact) mass is 459 g/mol. The Bertz CT molecular complexity index is 1100. The van der Waals surface area contributed by atoms with Gasteiger partial charge >= 0.3 is 0 Å². The van der Waals surface area contributed by atoms with Gasteiger partial charge in [-0.25, -0.2) is 9.97 Å². The minimum Gasteiger partial charge on any atom is -0.369 e. The van der Waals surface area contributed by atoms with Crippen LogP contribution in [0.4, 0.5) is 5.69 Å². The van der Waals surface area contributed by atoms with E-state index in [1.54, 1.807) is 11.3 Å². The normalized spacial score (nSPS) is 18.4. The molecule has 0 saturated carbocycles. The number of ether oxygens (including phenoxy) is 1. The van der Waals surface area contributed by atoms with Gasteiger partial charge in [0.15, 0.2) is 5.16 Å². The van der Waals surface area contributed by atoms with Crippen molar-refractivity contribution in [2.75, 3.05) is 17.3 Å². The number of amides is 1. The van der Waals surface area contributed by atoms with Gasteiger partial charge in [0.25, 0.3) is 0 Å². The third kappa shape index (κ3) is 4.37. The number of para-hydroxylation sites is 1. The maximum Gasteiger partial charge on any atom is 0.234 e. The molecule has 1 atom stereocenters. The number of fused-ring (bicyclic) bond motifs is 3. The fourth-order valence-electron chi connectivity index (χ4n) is 3.48. The van der Waals surface area contributed by atoms with E-state index in [0.717, 1.165) is 44.5 Å². The van der Waals surface area contributed by atoms with Crippen molar-refractivity contribution in [1.82, 2.24) is 9.97 Å². The molecule has 5 nitrogen and oxygen atoms in total. The number of carbonyl (C=O) groups excluding carboxylic acids is 1. The van der Waals surface area contributed by atoms with Crippen molar-refractivity contribution in [3.8, 4) is 0 Å². The first kappa shape index (κ1) is 21.6. The quantitative estimate of drug-likeness (QED) is 0.290. The fraction of sp³-hybridized carbons (Fsp3) is 0.409. The molecule has 3 aromatic rings. The first-order chi connectivity index (χ1) is 14.4. The molecule has 30 heavy (non-hydrogen) atoms. The molecule has 0 bridgehead atoms.